The highest BCUT2D eigenvalue weighted by molar-refractivity contribution is 9.10. The third-order valence-electron chi connectivity index (χ3n) is 2.25. The fourth-order valence-corrected chi connectivity index (χ4v) is 1.94. The zero-order valence-electron chi connectivity index (χ0n) is 7.80. The number of para-hydroxylation sites is 1. The van der Waals surface area contributed by atoms with Crippen LogP contribution in [0.15, 0.2) is 33.5 Å². The van der Waals surface area contributed by atoms with Gasteiger partial charge < -0.3 is 4.98 Å². The first-order valence-electron chi connectivity index (χ1n) is 4.53. The maximum Gasteiger partial charge on any atom is 0.189 e. The number of hydrogen-bond donors (Lipinski definition) is 1. The van der Waals surface area contributed by atoms with Crippen molar-refractivity contribution in [2.24, 2.45) is 0 Å². The lowest BCUT2D eigenvalue weighted by atomic mass is 10.2. The SMILES string of the molecule is CCc1cc(=O)c2cccc(Br)c2[nH]1. The smallest absolute Gasteiger partial charge is 0.189 e. The average Bonchev–Trinajstić information content (AvgIpc) is 2.19. The molecule has 3 heteroatoms. The van der Waals surface area contributed by atoms with Crippen LogP contribution in [-0.2, 0) is 6.42 Å². The fraction of sp³-hybridized carbons (Fsp3) is 0.182. The monoisotopic (exact) mass is 251 g/mol. The molecule has 2 aromatic rings. The Morgan fingerprint density at radius 2 is 2.21 bits per heavy atom. The van der Waals surface area contributed by atoms with Crippen LogP contribution in [0.2, 0.25) is 0 Å². The molecule has 0 radical (unpaired) electrons. The predicted molar refractivity (Wildman–Crippen MR) is 61.6 cm³/mol. The number of H-pyrrole nitrogens is 1. The Balaban J connectivity index is 2.91. The molecule has 0 aliphatic heterocycles. The molecule has 0 atom stereocenters. The third-order valence-corrected chi connectivity index (χ3v) is 2.91. The van der Waals surface area contributed by atoms with Gasteiger partial charge in [0, 0.05) is 21.6 Å². The summed E-state index contributed by atoms with van der Waals surface area (Å²) in [7, 11) is 0. The van der Waals surface area contributed by atoms with Gasteiger partial charge >= 0.3 is 0 Å². The van der Waals surface area contributed by atoms with Crippen LogP contribution in [0.1, 0.15) is 12.6 Å². The van der Waals surface area contributed by atoms with Crippen molar-refractivity contribution >= 4 is 26.8 Å². The summed E-state index contributed by atoms with van der Waals surface area (Å²) in [5, 5.41) is 0.733. The van der Waals surface area contributed by atoms with E-state index in [1.54, 1.807) is 6.07 Å². The molecule has 1 aromatic carbocycles. The summed E-state index contributed by atoms with van der Waals surface area (Å²) >= 11 is 3.42. The Morgan fingerprint density at radius 1 is 1.43 bits per heavy atom. The van der Waals surface area contributed by atoms with Crippen LogP contribution in [0, 0.1) is 0 Å². The van der Waals surface area contributed by atoms with Gasteiger partial charge in [0.2, 0.25) is 0 Å². The number of rotatable bonds is 1. The van der Waals surface area contributed by atoms with Crippen LogP contribution >= 0.6 is 15.9 Å². The van der Waals surface area contributed by atoms with E-state index in [4.69, 9.17) is 0 Å². The van der Waals surface area contributed by atoms with Gasteiger partial charge in [-0.15, -0.1) is 0 Å². The second-order valence-corrected chi connectivity index (χ2v) is 4.03. The van der Waals surface area contributed by atoms with Crippen molar-refractivity contribution in [2.45, 2.75) is 13.3 Å². The van der Waals surface area contributed by atoms with Gasteiger partial charge in [0.25, 0.3) is 0 Å². The number of halogens is 1. The van der Waals surface area contributed by atoms with Gasteiger partial charge in [0.1, 0.15) is 0 Å². The first kappa shape index (κ1) is 9.46. The zero-order valence-corrected chi connectivity index (χ0v) is 9.39. The molecular weight excluding hydrogens is 242 g/mol. The lowest BCUT2D eigenvalue weighted by molar-refractivity contribution is 1.05. The minimum atomic E-state index is 0.0805. The molecule has 0 saturated carbocycles. The molecule has 14 heavy (non-hydrogen) atoms. The second kappa shape index (κ2) is 3.58. The maximum absolute atomic E-state index is 11.7. The van der Waals surface area contributed by atoms with Crippen molar-refractivity contribution in [3.8, 4) is 0 Å². The number of aryl methyl sites for hydroxylation is 1. The van der Waals surface area contributed by atoms with Gasteiger partial charge in [-0.1, -0.05) is 13.0 Å². The van der Waals surface area contributed by atoms with Crippen molar-refractivity contribution in [3.05, 3.63) is 44.7 Å². The molecule has 1 aromatic heterocycles. The Labute approximate surface area is 90.1 Å². The third kappa shape index (κ3) is 1.48. The summed E-state index contributed by atoms with van der Waals surface area (Å²) in [6, 6.07) is 7.29. The van der Waals surface area contributed by atoms with Crippen molar-refractivity contribution < 1.29 is 0 Å². The summed E-state index contributed by atoms with van der Waals surface area (Å²) in [6.45, 7) is 2.02. The van der Waals surface area contributed by atoms with Gasteiger partial charge in [0.05, 0.1) is 5.52 Å². The first-order valence-corrected chi connectivity index (χ1v) is 5.32. The first-order chi connectivity index (χ1) is 6.72. The predicted octanol–water partition coefficient (Wildman–Crippen LogP) is 2.85. The Morgan fingerprint density at radius 3 is 2.93 bits per heavy atom. The number of hydrogen-bond acceptors (Lipinski definition) is 1. The number of fused-ring (bicyclic) bond motifs is 1. The van der Waals surface area contributed by atoms with Gasteiger partial charge in [-0.05, 0) is 34.5 Å². The van der Waals surface area contributed by atoms with Crippen molar-refractivity contribution in [1.82, 2.24) is 4.98 Å². The molecule has 2 rings (SSSR count). The molecule has 72 valence electrons. The molecule has 1 heterocycles. The van der Waals surface area contributed by atoms with Crippen molar-refractivity contribution in [2.75, 3.05) is 0 Å². The van der Waals surface area contributed by atoms with E-state index in [9.17, 15) is 4.79 Å². The summed E-state index contributed by atoms with van der Waals surface area (Å²) < 4.78 is 0.933. The van der Waals surface area contributed by atoms with E-state index < -0.39 is 0 Å². The van der Waals surface area contributed by atoms with Crippen molar-refractivity contribution in [3.63, 3.8) is 0 Å². The molecule has 1 N–H and O–H groups in total. The zero-order chi connectivity index (χ0) is 10.1. The molecule has 0 fully saturated rings. The van der Waals surface area contributed by atoms with Crippen LogP contribution < -0.4 is 5.43 Å². The standard InChI is InChI=1S/C11H10BrNO/c1-2-7-6-10(14)8-4-3-5-9(12)11(8)13-7/h3-6H,2H2,1H3,(H,13,14). The quantitative estimate of drug-likeness (QED) is 0.831. The topological polar surface area (TPSA) is 32.9 Å². The maximum atomic E-state index is 11.7. The van der Waals surface area contributed by atoms with Gasteiger partial charge in [-0.3, -0.25) is 4.79 Å². The van der Waals surface area contributed by atoms with E-state index in [0.29, 0.717) is 0 Å². The minimum absolute atomic E-state index is 0.0805. The molecule has 0 aliphatic carbocycles. The summed E-state index contributed by atoms with van der Waals surface area (Å²) in [5.74, 6) is 0. The van der Waals surface area contributed by atoms with Crippen LogP contribution in [-0.4, -0.2) is 4.98 Å². The van der Waals surface area contributed by atoms with E-state index in [0.717, 1.165) is 27.5 Å². The molecule has 0 aliphatic rings. The molecule has 2 nitrogen and oxygen atoms in total. The molecule has 0 bridgehead atoms. The number of aromatic amines is 1. The van der Waals surface area contributed by atoms with Crippen molar-refractivity contribution in [1.29, 1.82) is 0 Å². The van der Waals surface area contributed by atoms with Gasteiger partial charge in [-0.25, -0.2) is 0 Å². The van der Waals surface area contributed by atoms with Crippen LogP contribution in [0.4, 0.5) is 0 Å². The van der Waals surface area contributed by atoms with Crippen LogP contribution in [0.3, 0.4) is 0 Å². The van der Waals surface area contributed by atoms with Crippen LogP contribution in [0.5, 0.6) is 0 Å². The molecule has 0 unspecified atom stereocenters. The normalized spacial score (nSPS) is 10.7. The average molecular weight is 252 g/mol. The lowest BCUT2D eigenvalue weighted by Gasteiger charge is -2.03. The fourth-order valence-electron chi connectivity index (χ4n) is 1.48. The molecule has 0 amide bonds. The number of benzene rings is 1. The molecule has 0 saturated heterocycles. The molecular formula is C11H10BrNO. The van der Waals surface area contributed by atoms with E-state index in [2.05, 4.69) is 20.9 Å². The highest BCUT2D eigenvalue weighted by Crippen LogP contribution is 2.19. The second-order valence-electron chi connectivity index (χ2n) is 3.17. The van der Waals surface area contributed by atoms with Gasteiger partial charge in [-0.2, -0.15) is 0 Å². The van der Waals surface area contributed by atoms with E-state index in [1.165, 1.54) is 0 Å². The number of aromatic nitrogens is 1. The van der Waals surface area contributed by atoms with Crippen LogP contribution in [0.25, 0.3) is 10.9 Å². The van der Waals surface area contributed by atoms with E-state index in [1.807, 2.05) is 25.1 Å². The summed E-state index contributed by atoms with van der Waals surface area (Å²) in [6.07, 6.45) is 0.840. The summed E-state index contributed by atoms with van der Waals surface area (Å²) in [5.41, 5.74) is 1.93. The highest BCUT2D eigenvalue weighted by Gasteiger charge is 2.03. The summed E-state index contributed by atoms with van der Waals surface area (Å²) in [4.78, 5) is 14.9. The van der Waals surface area contributed by atoms with E-state index in [-0.39, 0.29) is 5.43 Å². The molecule has 0 spiro atoms. The lowest BCUT2D eigenvalue weighted by Crippen LogP contribution is -2.04. The van der Waals surface area contributed by atoms with Gasteiger partial charge in [0.15, 0.2) is 5.43 Å². The Hall–Kier alpha value is -1.09. The van der Waals surface area contributed by atoms with E-state index >= 15 is 0 Å². The largest absolute Gasteiger partial charge is 0.357 e. The minimum Gasteiger partial charge on any atom is -0.357 e. The number of pyridine rings is 1. The highest BCUT2D eigenvalue weighted by atomic mass is 79.9. The number of nitrogens with one attached hydrogen (secondary N) is 1. The Bertz CT molecular complexity index is 530. The Kier molecular flexibility index (Phi) is 2.42.